The standard InChI is InChI=1S/C25H25F3N2O5/c26-25(27,28)21(22(32)33)30-20(31)12-24(10-5-11-24)14-29-23(34)35-13-19-17-8-3-1-6-15(17)16-7-2-4-9-18(16)19/h1-4,6-9,19,21H,5,10-14H2,(H,29,34)(H,30,31)(H,32,33). The summed E-state index contributed by atoms with van der Waals surface area (Å²) in [5.74, 6) is -3.32. The van der Waals surface area contributed by atoms with Crippen LogP contribution in [0.2, 0.25) is 0 Å². The van der Waals surface area contributed by atoms with E-state index in [1.165, 1.54) is 0 Å². The number of carbonyl (C=O) groups is 3. The number of amides is 2. The van der Waals surface area contributed by atoms with Gasteiger partial charge in [-0.3, -0.25) is 4.79 Å². The number of halogens is 3. The van der Waals surface area contributed by atoms with Gasteiger partial charge in [-0.1, -0.05) is 55.0 Å². The fourth-order valence-corrected chi connectivity index (χ4v) is 4.84. The Kier molecular flexibility index (Phi) is 6.73. The number of fused-ring (bicyclic) bond motifs is 3. The molecule has 2 amide bonds. The molecular weight excluding hydrogens is 465 g/mol. The van der Waals surface area contributed by atoms with Gasteiger partial charge in [0.15, 0.2) is 0 Å². The van der Waals surface area contributed by atoms with Crippen LogP contribution in [-0.2, 0) is 14.3 Å². The van der Waals surface area contributed by atoms with Crippen molar-refractivity contribution in [1.82, 2.24) is 10.6 Å². The number of rotatable bonds is 8. The molecule has 0 radical (unpaired) electrons. The van der Waals surface area contributed by atoms with E-state index in [0.717, 1.165) is 28.7 Å². The molecule has 0 aliphatic heterocycles. The number of alkyl halides is 3. The van der Waals surface area contributed by atoms with Crippen molar-refractivity contribution >= 4 is 18.0 Å². The second-order valence-corrected chi connectivity index (χ2v) is 9.09. The minimum Gasteiger partial charge on any atom is -0.479 e. The third kappa shape index (κ3) is 5.26. The third-order valence-electron chi connectivity index (χ3n) is 6.78. The summed E-state index contributed by atoms with van der Waals surface area (Å²) in [7, 11) is 0. The van der Waals surface area contributed by atoms with Crippen LogP contribution in [0.15, 0.2) is 48.5 Å². The summed E-state index contributed by atoms with van der Waals surface area (Å²) in [6, 6.07) is 12.8. The first-order valence-corrected chi connectivity index (χ1v) is 11.3. The van der Waals surface area contributed by atoms with E-state index in [1.807, 2.05) is 48.5 Å². The molecule has 4 rings (SSSR count). The van der Waals surface area contributed by atoms with Gasteiger partial charge in [-0.15, -0.1) is 0 Å². The van der Waals surface area contributed by atoms with E-state index in [1.54, 1.807) is 5.32 Å². The molecule has 2 aromatic carbocycles. The fourth-order valence-electron chi connectivity index (χ4n) is 4.84. The molecule has 0 spiro atoms. The Morgan fingerprint density at radius 2 is 1.60 bits per heavy atom. The highest BCUT2D eigenvalue weighted by atomic mass is 19.4. The largest absolute Gasteiger partial charge is 0.479 e. The lowest BCUT2D eigenvalue weighted by atomic mass is 9.66. The van der Waals surface area contributed by atoms with Crippen LogP contribution in [0.1, 0.15) is 42.7 Å². The van der Waals surface area contributed by atoms with E-state index in [-0.39, 0.29) is 25.5 Å². The van der Waals surface area contributed by atoms with Gasteiger partial charge in [0.1, 0.15) is 6.61 Å². The maximum atomic E-state index is 12.8. The number of benzene rings is 2. The lowest BCUT2D eigenvalue weighted by Crippen LogP contribution is -2.53. The van der Waals surface area contributed by atoms with Gasteiger partial charge in [0.05, 0.1) is 0 Å². The van der Waals surface area contributed by atoms with Crippen molar-refractivity contribution < 1.29 is 37.4 Å². The van der Waals surface area contributed by atoms with E-state index < -0.39 is 35.6 Å². The number of carboxylic acids is 1. The van der Waals surface area contributed by atoms with E-state index in [2.05, 4.69) is 5.32 Å². The lowest BCUT2D eigenvalue weighted by Gasteiger charge is -2.41. The minimum absolute atomic E-state index is 0.0425. The Bertz CT molecular complexity index is 1080. The average molecular weight is 490 g/mol. The number of carbonyl (C=O) groups excluding carboxylic acids is 2. The maximum absolute atomic E-state index is 12.8. The predicted molar refractivity (Wildman–Crippen MR) is 120 cm³/mol. The van der Waals surface area contributed by atoms with Crippen LogP contribution < -0.4 is 10.6 Å². The van der Waals surface area contributed by atoms with Crippen LogP contribution in [0.3, 0.4) is 0 Å². The second kappa shape index (κ2) is 9.59. The quantitative estimate of drug-likeness (QED) is 0.514. The summed E-state index contributed by atoms with van der Waals surface area (Å²) < 4.78 is 44.0. The van der Waals surface area contributed by atoms with Gasteiger partial charge in [0.2, 0.25) is 11.9 Å². The maximum Gasteiger partial charge on any atom is 0.419 e. The van der Waals surface area contributed by atoms with Crippen molar-refractivity contribution in [2.24, 2.45) is 5.41 Å². The van der Waals surface area contributed by atoms with Gasteiger partial charge in [-0.25, -0.2) is 9.59 Å². The summed E-state index contributed by atoms with van der Waals surface area (Å²) in [6.07, 6.45) is -4.31. The number of ether oxygens (including phenoxy) is 1. The molecular formula is C25H25F3N2O5. The third-order valence-corrected chi connectivity index (χ3v) is 6.78. The van der Waals surface area contributed by atoms with Crippen LogP contribution in [0.5, 0.6) is 0 Å². The van der Waals surface area contributed by atoms with Crippen molar-refractivity contribution in [3.05, 3.63) is 59.7 Å². The number of hydrogen-bond donors (Lipinski definition) is 3. The normalized spacial score (nSPS) is 16.9. The van der Waals surface area contributed by atoms with E-state index >= 15 is 0 Å². The zero-order chi connectivity index (χ0) is 25.2. The van der Waals surface area contributed by atoms with Crippen molar-refractivity contribution in [3.63, 3.8) is 0 Å². The number of carboxylic acid groups (broad SMARTS) is 1. The zero-order valence-corrected chi connectivity index (χ0v) is 18.7. The van der Waals surface area contributed by atoms with Gasteiger partial charge >= 0.3 is 18.2 Å². The van der Waals surface area contributed by atoms with Crippen LogP contribution in [0, 0.1) is 5.41 Å². The Morgan fingerprint density at radius 3 is 2.09 bits per heavy atom. The Morgan fingerprint density at radius 1 is 1.03 bits per heavy atom. The predicted octanol–water partition coefficient (Wildman–Crippen LogP) is 4.22. The molecule has 1 atom stereocenters. The highest BCUT2D eigenvalue weighted by Crippen LogP contribution is 2.45. The van der Waals surface area contributed by atoms with Gasteiger partial charge in [0.25, 0.3) is 0 Å². The van der Waals surface area contributed by atoms with Crippen molar-refractivity contribution in [3.8, 4) is 11.1 Å². The summed E-state index contributed by atoms with van der Waals surface area (Å²) in [4.78, 5) is 35.5. The molecule has 1 unspecified atom stereocenters. The van der Waals surface area contributed by atoms with Crippen LogP contribution in [0.4, 0.5) is 18.0 Å². The summed E-state index contributed by atoms with van der Waals surface area (Å²) in [5, 5.41) is 12.9. The first-order valence-electron chi connectivity index (χ1n) is 11.3. The summed E-state index contributed by atoms with van der Waals surface area (Å²) in [6.45, 7) is 0.153. The molecule has 0 saturated heterocycles. The molecule has 1 fully saturated rings. The molecule has 2 aliphatic carbocycles. The Hall–Kier alpha value is -3.56. The van der Waals surface area contributed by atoms with Crippen molar-refractivity contribution in [1.29, 1.82) is 0 Å². The summed E-state index contributed by atoms with van der Waals surface area (Å²) >= 11 is 0. The minimum atomic E-state index is -5.10. The lowest BCUT2D eigenvalue weighted by molar-refractivity contribution is -0.182. The molecule has 3 N–H and O–H groups in total. The highest BCUT2D eigenvalue weighted by Gasteiger charge is 2.47. The van der Waals surface area contributed by atoms with Gasteiger partial charge in [0, 0.05) is 18.9 Å². The van der Waals surface area contributed by atoms with Crippen molar-refractivity contribution in [2.75, 3.05) is 13.2 Å². The Labute approximate surface area is 199 Å². The van der Waals surface area contributed by atoms with Crippen LogP contribution >= 0.6 is 0 Å². The molecule has 2 aromatic rings. The summed E-state index contributed by atoms with van der Waals surface area (Å²) in [5.41, 5.74) is 3.58. The van der Waals surface area contributed by atoms with Crippen LogP contribution in [-0.4, -0.2) is 48.4 Å². The molecule has 0 heterocycles. The zero-order valence-electron chi connectivity index (χ0n) is 18.7. The number of aliphatic carboxylic acids is 1. The molecule has 2 aliphatic rings. The Balaban J connectivity index is 1.32. The van der Waals surface area contributed by atoms with Gasteiger partial charge in [-0.2, -0.15) is 13.2 Å². The molecule has 35 heavy (non-hydrogen) atoms. The average Bonchev–Trinajstić information content (AvgIpc) is 3.10. The monoisotopic (exact) mass is 490 g/mol. The van der Waals surface area contributed by atoms with Gasteiger partial charge in [-0.05, 0) is 40.5 Å². The molecule has 7 nitrogen and oxygen atoms in total. The highest BCUT2D eigenvalue weighted by molar-refractivity contribution is 5.84. The SMILES string of the molecule is O=C(CC1(CNC(=O)OCC2c3ccccc3-c3ccccc32)CCC1)NC(C(=O)O)C(F)(F)F. The number of alkyl carbamates (subject to hydrolysis) is 1. The van der Waals surface area contributed by atoms with Gasteiger partial charge < -0.3 is 20.5 Å². The molecule has 186 valence electrons. The fraction of sp³-hybridized carbons (Fsp3) is 0.400. The smallest absolute Gasteiger partial charge is 0.419 e. The van der Waals surface area contributed by atoms with E-state index in [4.69, 9.17) is 9.84 Å². The molecule has 0 aromatic heterocycles. The van der Waals surface area contributed by atoms with Crippen LogP contribution in [0.25, 0.3) is 11.1 Å². The molecule has 0 bridgehead atoms. The van der Waals surface area contributed by atoms with Crippen molar-refractivity contribution in [2.45, 2.75) is 43.8 Å². The topological polar surface area (TPSA) is 105 Å². The van der Waals surface area contributed by atoms with E-state index in [0.29, 0.717) is 12.8 Å². The second-order valence-electron chi connectivity index (χ2n) is 9.09. The number of nitrogens with one attached hydrogen (secondary N) is 2. The molecule has 10 heteroatoms. The first kappa shape index (κ1) is 24.6. The molecule has 1 saturated carbocycles. The first-order chi connectivity index (χ1) is 16.6. The number of hydrogen-bond acceptors (Lipinski definition) is 4. The van der Waals surface area contributed by atoms with E-state index in [9.17, 15) is 27.6 Å².